The van der Waals surface area contributed by atoms with Crippen LogP contribution >= 0.6 is 0 Å². The molecule has 0 saturated carbocycles. The summed E-state index contributed by atoms with van der Waals surface area (Å²) in [5.41, 5.74) is 0.527. The lowest BCUT2D eigenvalue weighted by Gasteiger charge is -2.16. The van der Waals surface area contributed by atoms with Gasteiger partial charge in [-0.3, -0.25) is 4.79 Å². The van der Waals surface area contributed by atoms with E-state index in [0.717, 1.165) is 19.5 Å². The number of likely N-dealkylation sites (N-methyl/N-ethyl adjacent to an activating group) is 1. The molecule has 4 aromatic rings. The van der Waals surface area contributed by atoms with Gasteiger partial charge in [-0.15, -0.1) is 0 Å². The van der Waals surface area contributed by atoms with Crippen LogP contribution in [-0.4, -0.2) is 58.2 Å². The lowest BCUT2D eigenvalue weighted by atomic mass is 10.2. The molecule has 0 unspecified atom stereocenters. The zero-order chi connectivity index (χ0) is 24.4. The fourth-order valence-corrected chi connectivity index (χ4v) is 3.93. The van der Waals surface area contributed by atoms with E-state index in [-0.39, 0.29) is 23.3 Å². The van der Waals surface area contributed by atoms with Gasteiger partial charge in [-0.1, -0.05) is 12.1 Å². The van der Waals surface area contributed by atoms with E-state index in [0.29, 0.717) is 28.5 Å². The molecule has 1 saturated heterocycles. The molecule has 0 amide bonds. The summed E-state index contributed by atoms with van der Waals surface area (Å²) in [6.45, 7) is 1.82. The van der Waals surface area contributed by atoms with Crippen LogP contribution in [0.1, 0.15) is 6.42 Å². The minimum atomic E-state index is -0.490. The van der Waals surface area contributed by atoms with Crippen molar-refractivity contribution in [2.24, 2.45) is 0 Å². The monoisotopic (exact) mass is 477 g/mol. The van der Waals surface area contributed by atoms with Crippen LogP contribution < -0.4 is 25.7 Å². The molecule has 1 aliphatic heterocycles. The molecule has 5 rings (SSSR count). The Morgan fingerprint density at radius 2 is 2.09 bits per heavy atom. The Balaban J connectivity index is 1.33. The smallest absolute Gasteiger partial charge is 0.272 e. The molecule has 35 heavy (non-hydrogen) atoms. The highest BCUT2D eigenvalue weighted by Gasteiger charge is 2.23. The van der Waals surface area contributed by atoms with Crippen molar-refractivity contribution in [3.05, 3.63) is 65.0 Å². The Hall–Kier alpha value is -4.25. The third-order valence-corrected chi connectivity index (χ3v) is 5.67. The molecule has 0 aliphatic carbocycles. The van der Waals surface area contributed by atoms with Crippen LogP contribution in [0.5, 0.6) is 11.6 Å². The Bertz CT molecular complexity index is 1430. The Morgan fingerprint density at radius 1 is 1.20 bits per heavy atom. The summed E-state index contributed by atoms with van der Waals surface area (Å²) in [6.07, 6.45) is 4.17. The number of rotatable bonds is 7. The molecule has 180 valence electrons. The predicted octanol–water partition coefficient (Wildman–Crippen LogP) is 3.43. The van der Waals surface area contributed by atoms with Crippen molar-refractivity contribution in [3.8, 4) is 11.6 Å². The number of fused-ring (bicyclic) bond motifs is 1. The number of pyridine rings is 2. The van der Waals surface area contributed by atoms with Crippen LogP contribution in [0.3, 0.4) is 0 Å². The third-order valence-electron chi connectivity index (χ3n) is 5.67. The standard InChI is InChI=1S/C24H24FN7O3/c1-32-9-7-16(13-32)35-23-19(34-2)11-15(12-27-23)28-24-26-8-6-20(30-24)29-18-10-14-4-3-5-17(25)21(14)31-22(18)33/h3-6,8,10-12,16H,7,9,13H2,1-2H3,(H,31,33)(H2,26,28,29,30)/t16-/m0/s1. The van der Waals surface area contributed by atoms with Gasteiger partial charge in [-0.25, -0.2) is 14.4 Å². The zero-order valence-corrected chi connectivity index (χ0v) is 19.2. The van der Waals surface area contributed by atoms with Gasteiger partial charge in [0.1, 0.15) is 23.4 Å². The van der Waals surface area contributed by atoms with E-state index in [1.165, 1.54) is 6.07 Å². The summed E-state index contributed by atoms with van der Waals surface area (Å²) >= 11 is 0. The first-order valence-electron chi connectivity index (χ1n) is 11.1. The Labute approximate surface area is 200 Å². The lowest BCUT2D eigenvalue weighted by molar-refractivity contribution is 0.191. The molecule has 1 aromatic carbocycles. The number of halogens is 1. The second-order valence-corrected chi connectivity index (χ2v) is 8.25. The zero-order valence-electron chi connectivity index (χ0n) is 19.2. The van der Waals surface area contributed by atoms with Gasteiger partial charge < -0.3 is 30.0 Å². The number of hydrogen-bond donors (Lipinski definition) is 3. The lowest BCUT2D eigenvalue weighted by Crippen LogP contribution is -2.22. The molecule has 3 N–H and O–H groups in total. The number of aromatic nitrogens is 4. The minimum Gasteiger partial charge on any atom is -0.491 e. The van der Waals surface area contributed by atoms with Crippen LogP contribution in [0.15, 0.2) is 53.6 Å². The number of nitrogens with one attached hydrogen (secondary N) is 3. The number of hydrogen-bond acceptors (Lipinski definition) is 9. The molecule has 3 aromatic heterocycles. The quantitative estimate of drug-likeness (QED) is 0.368. The molecule has 1 aliphatic rings. The number of anilines is 4. The van der Waals surface area contributed by atoms with Gasteiger partial charge in [0.2, 0.25) is 5.95 Å². The van der Waals surface area contributed by atoms with Crippen molar-refractivity contribution in [2.45, 2.75) is 12.5 Å². The van der Waals surface area contributed by atoms with Crippen LogP contribution in [0.25, 0.3) is 10.9 Å². The topological polar surface area (TPSA) is 117 Å². The number of benzene rings is 1. The summed E-state index contributed by atoms with van der Waals surface area (Å²) in [4.78, 5) is 30.2. The highest BCUT2D eigenvalue weighted by Crippen LogP contribution is 2.30. The maximum atomic E-state index is 13.9. The fraction of sp³-hybridized carbons (Fsp3) is 0.250. The van der Waals surface area contributed by atoms with Gasteiger partial charge in [0, 0.05) is 30.7 Å². The predicted molar refractivity (Wildman–Crippen MR) is 130 cm³/mol. The van der Waals surface area contributed by atoms with Crippen LogP contribution in [-0.2, 0) is 0 Å². The molecular formula is C24H24FN7O3. The summed E-state index contributed by atoms with van der Waals surface area (Å²) in [5.74, 6) is 1.10. The van der Waals surface area contributed by atoms with E-state index >= 15 is 0 Å². The maximum absolute atomic E-state index is 13.9. The van der Waals surface area contributed by atoms with Crippen LogP contribution in [0.4, 0.5) is 27.5 Å². The van der Waals surface area contributed by atoms with Gasteiger partial charge >= 0.3 is 0 Å². The van der Waals surface area contributed by atoms with Crippen LogP contribution in [0.2, 0.25) is 0 Å². The average Bonchev–Trinajstić information content (AvgIpc) is 3.26. The van der Waals surface area contributed by atoms with E-state index in [1.807, 2.05) is 0 Å². The van der Waals surface area contributed by atoms with E-state index < -0.39 is 11.4 Å². The highest BCUT2D eigenvalue weighted by molar-refractivity contribution is 5.82. The number of para-hydroxylation sites is 1. The number of methoxy groups -OCH3 is 1. The van der Waals surface area contributed by atoms with E-state index in [9.17, 15) is 9.18 Å². The molecule has 11 heteroatoms. The summed E-state index contributed by atoms with van der Waals surface area (Å²) in [5, 5.41) is 6.60. The number of ether oxygens (including phenoxy) is 2. The van der Waals surface area contributed by atoms with Crippen molar-refractivity contribution in [1.29, 1.82) is 0 Å². The van der Waals surface area contributed by atoms with Gasteiger partial charge in [0.15, 0.2) is 5.75 Å². The fourth-order valence-electron chi connectivity index (χ4n) is 3.93. The van der Waals surface area contributed by atoms with Crippen LogP contribution in [0, 0.1) is 5.82 Å². The number of nitrogens with zero attached hydrogens (tertiary/aromatic N) is 4. The van der Waals surface area contributed by atoms with Crippen molar-refractivity contribution in [2.75, 3.05) is 37.9 Å². The minimum absolute atomic E-state index is 0.0704. The first kappa shape index (κ1) is 22.5. The molecule has 4 heterocycles. The first-order chi connectivity index (χ1) is 17.0. The maximum Gasteiger partial charge on any atom is 0.272 e. The number of H-pyrrole nitrogens is 1. The normalized spacial score (nSPS) is 15.8. The Morgan fingerprint density at radius 3 is 2.89 bits per heavy atom. The summed E-state index contributed by atoms with van der Waals surface area (Å²) < 4.78 is 25.4. The molecule has 10 nitrogen and oxygen atoms in total. The number of aromatic amines is 1. The summed E-state index contributed by atoms with van der Waals surface area (Å²) in [7, 11) is 3.61. The van der Waals surface area contributed by atoms with E-state index in [4.69, 9.17) is 9.47 Å². The van der Waals surface area contributed by atoms with Gasteiger partial charge in [-0.05, 0) is 31.7 Å². The second kappa shape index (κ2) is 9.55. The highest BCUT2D eigenvalue weighted by atomic mass is 19.1. The number of likely N-dealkylation sites (tertiary alicyclic amines) is 1. The van der Waals surface area contributed by atoms with Crippen molar-refractivity contribution in [3.63, 3.8) is 0 Å². The molecule has 0 bridgehead atoms. The van der Waals surface area contributed by atoms with Gasteiger partial charge in [0.25, 0.3) is 11.4 Å². The largest absolute Gasteiger partial charge is 0.491 e. The Kier molecular flexibility index (Phi) is 6.15. The average molecular weight is 478 g/mol. The van der Waals surface area contributed by atoms with Crippen molar-refractivity contribution < 1.29 is 13.9 Å². The van der Waals surface area contributed by atoms with Gasteiger partial charge in [-0.2, -0.15) is 4.98 Å². The van der Waals surface area contributed by atoms with E-state index in [1.54, 1.807) is 49.8 Å². The molecule has 0 radical (unpaired) electrons. The molecular weight excluding hydrogens is 453 g/mol. The third kappa shape index (κ3) is 4.99. The van der Waals surface area contributed by atoms with Gasteiger partial charge in [0.05, 0.1) is 24.5 Å². The molecule has 0 spiro atoms. The second-order valence-electron chi connectivity index (χ2n) is 8.25. The van der Waals surface area contributed by atoms with Crippen molar-refractivity contribution >= 4 is 34.0 Å². The SMILES string of the molecule is COc1cc(Nc2nccc(Nc3cc4cccc(F)c4[nH]c3=O)n2)cnc1O[C@H]1CCN(C)C1. The van der Waals surface area contributed by atoms with E-state index in [2.05, 4.69) is 42.5 Å². The molecule has 1 atom stereocenters. The molecule has 1 fully saturated rings. The first-order valence-corrected chi connectivity index (χ1v) is 11.1. The van der Waals surface area contributed by atoms with Crippen molar-refractivity contribution in [1.82, 2.24) is 24.8 Å². The summed E-state index contributed by atoms with van der Waals surface area (Å²) in [6, 6.07) is 9.54.